The Kier molecular flexibility index (Phi) is 7.40. The van der Waals surface area contributed by atoms with E-state index >= 15 is 0 Å². The van der Waals surface area contributed by atoms with Crippen molar-refractivity contribution in [2.24, 2.45) is 7.05 Å². The summed E-state index contributed by atoms with van der Waals surface area (Å²) in [4.78, 5) is 0. The molecule has 0 saturated heterocycles. The van der Waals surface area contributed by atoms with Gasteiger partial charge in [-0.1, -0.05) is 32.0 Å². The van der Waals surface area contributed by atoms with Crippen molar-refractivity contribution in [2.75, 3.05) is 5.73 Å². The highest BCUT2D eigenvalue weighted by molar-refractivity contribution is 5.35. The number of hydrogen-bond donors (Lipinski definition) is 1. The van der Waals surface area contributed by atoms with Crippen LogP contribution in [0.4, 0.5) is 5.69 Å². The van der Waals surface area contributed by atoms with Gasteiger partial charge in [0, 0.05) is 12.7 Å². The number of rotatable bonds is 0. The summed E-state index contributed by atoms with van der Waals surface area (Å²) in [6.07, 6.45) is 0. The number of para-hydroxylation sites is 1. The topological polar surface area (TPSA) is 69.6 Å². The minimum Gasteiger partial charge on any atom is -0.399 e. The largest absolute Gasteiger partial charge is 0.399 e. The van der Waals surface area contributed by atoms with Crippen LogP contribution in [0.3, 0.4) is 0 Å². The summed E-state index contributed by atoms with van der Waals surface area (Å²) >= 11 is 0. The molecule has 0 amide bonds. The maximum absolute atomic E-state index is 5.36. The third-order valence-corrected chi connectivity index (χ3v) is 1.63. The van der Waals surface area contributed by atoms with Crippen LogP contribution in [-0.2, 0) is 7.05 Å². The molecule has 0 atom stereocenters. The van der Waals surface area contributed by atoms with Gasteiger partial charge in [-0.2, -0.15) is 0 Å². The highest BCUT2D eigenvalue weighted by Crippen LogP contribution is 1.95. The van der Waals surface area contributed by atoms with Crippen LogP contribution in [-0.4, -0.2) is 20.2 Å². The van der Waals surface area contributed by atoms with E-state index in [0.717, 1.165) is 11.5 Å². The van der Waals surface area contributed by atoms with Crippen LogP contribution in [0.15, 0.2) is 30.3 Å². The molecule has 0 bridgehead atoms. The van der Waals surface area contributed by atoms with Crippen LogP contribution in [0.25, 0.3) is 0 Å². The maximum atomic E-state index is 5.36. The molecule has 16 heavy (non-hydrogen) atoms. The van der Waals surface area contributed by atoms with Gasteiger partial charge < -0.3 is 5.73 Å². The highest BCUT2D eigenvalue weighted by atomic mass is 15.5. The summed E-state index contributed by atoms with van der Waals surface area (Å²) < 4.78 is 1.61. The lowest BCUT2D eigenvalue weighted by Gasteiger charge is -1.83. The van der Waals surface area contributed by atoms with Gasteiger partial charge in [-0.25, -0.2) is 4.68 Å². The van der Waals surface area contributed by atoms with Crippen molar-refractivity contribution < 1.29 is 0 Å². The number of aromatic nitrogens is 4. The fourth-order valence-corrected chi connectivity index (χ4v) is 0.727. The smallest absolute Gasteiger partial charge is 0.147 e. The molecule has 1 heterocycles. The van der Waals surface area contributed by atoms with Crippen molar-refractivity contribution in [3.8, 4) is 0 Å². The Hall–Kier alpha value is -1.91. The fraction of sp³-hybridized carbons (Fsp3) is 0.364. The van der Waals surface area contributed by atoms with E-state index in [1.807, 2.05) is 51.1 Å². The summed E-state index contributed by atoms with van der Waals surface area (Å²) in [5, 5.41) is 10.6. The molecule has 2 rings (SSSR count). The van der Waals surface area contributed by atoms with E-state index in [9.17, 15) is 0 Å². The van der Waals surface area contributed by atoms with Crippen molar-refractivity contribution in [1.82, 2.24) is 20.2 Å². The third-order valence-electron chi connectivity index (χ3n) is 1.63. The number of nitrogens with zero attached hydrogens (tertiary/aromatic N) is 4. The predicted molar refractivity (Wildman–Crippen MR) is 65.7 cm³/mol. The van der Waals surface area contributed by atoms with Crippen LogP contribution in [0.5, 0.6) is 0 Å². The Labute approximate surface area is 96.3 Å². The normalized spacial score (nSPS) is 8.25. The number of nitrogen functional groups attached to an aromatic ring is 1. The van der Waals surface area contributed by atoms with Crippen molar-refractivity contribution >= 4 is 5.69 Å². The quantitative estimate of drug-likeness (QED) is 0.689. The second kappa shape index (κ2) is 8.40. The van der Waals surface area contributed by atoms with Crippen LogP contribution in [0.1, 0.15) is 19.7 Å². The third kappa shape index (κ3) is 5.74. The molecule has 1 aromatic carbocycles. The molecule has 88 valence electrons. The minimum absolute atomic E-state index is 0.822. The molecule has 2 N–H and O–H groups in total. The van der Waals surface area contributed by atoms with Crippen LogP contribution in [0.2, 0.25) is 0 Å². The number of nitrogens with two attached hydrogens (primary N) is 1. The van der Waals surface area contributed by atoms with E-state index in [0.29, 0.717) is 0 Å². The second-order valence-electron chi connectivity index (χ2n) is 2.76. The molecule has 0 radical (unpaired) electrons. The van der Waals surface area contributed by atoms with Gasteiger partial charge in [0.1, 0.15) is 5.82 Å². The summed E-state index contributed by atoms with van der Waals surface area (Å²) in [5.41, 5.74) is 6.18. The number of hydrogen-bond acceptors (Lipinski definition) is 4. The number of aryl methyl sites for hydroxylation is 2. The van der Waals surface area contributed by atoms with Crippen molar-refractivity contribution in [1.29, 1.82) is 0 Å². The number of tetrazole rings is 1. The van der Waals surface area contributed by atoms with E-state index in [-0.39, 0.29) is 0 Å². The first-order chi connectivity index (χ1) is 7.70. The zero-order valence-electron chi connectivity index (χ0n) is 10.3. The zero-order valence-corrected chi connectivity index (χ0v) is 10.3. The van der Waals surface area contributed by atoms with Gasteiger partial charge in [0.2, 0.25) is 0 Å². The van der Waals surface area contributed by atoms with E-state index in [4.69, 9.17) is 5.73 Å². The standard InChI is InChI=1S/C6H7N.C3H6N4.C2H6/c7-6-4-2-1-3-5-6;1-3-4-5-6-7(3)2;1-2/h1-5H,7H2;1-2H3;1-2H3. The first kappa shape index (κ1) is 14.1. The average molecular weight is 221 g/mol. The Balaban J connectivity index is 0.000000244. The first-order valence-electron chi connectivity index (χ1n) is 5.19. The average Bonchev–Trinajstić information content (AvgIpc) is 2.68. The lowest BCUT2D eigenvalue weighted by molar-refractivity contribution is 0.695. The van der Waals surface area contributed by atoms with Crippen LogP contribution >= 0.6 is 0 Å². The van der Waals surface area contributed by atoms with E-state index < -0.39 is 0 Å². The molecule has 0 saturated carbocycles. The summed E-state index contributed by atoms with van der Waals surface area (Å²) in [5.74, 6) is 0.833. The zero-order chi connectivity index (χ0) is 12.4. The molecule has 0 aliphatic heterocycles. The van der Waals surface area contributed by atoms with Gasteiger partial charge in [0.25, 0.3) is 0 Å². The molecule has 5 heteroatoms. The van der Waals surface area contributed by atoms with E-state index in [1.165, 1.54) is 0 Å². The molecule has 1 aromatic heterocycles. The van der Waals surface area contributed by atoms with Gasteiger partial charge in [-0.15, -0.1) is 5.10 Å². The molecule has 0 fully saturated rings. The Morgan fingerprint density at radius 1 is 1.12 bits per heavy atom. The molecule has 2 aromatic rings. The van der Waals surface area contributed by atoms with Crippen LogP contribution < -0.4 is 5.73 Å². The minimum atomic E-state index is 0.822. The SMILES string of the molecule is CC.Cc1nnnn1C.Nc1ccccc1. The van der Waals surface area contributed by atoms with E-state index in [1.54, 1.807) is 11.7 Å². The molecule has 0 aliphatic rings. The van der Waals surface area contributed by atoms with Gasteiger partial charge in [-0.05, 0) is 29.5 Å². The lowest BCUT2D eigenvalue weighted by atomic mass is 10.3. The van der Waals surface area contributed by atoms with E-state index in [2.05, 4.69) is 15.5 Å². The molecule has 0 unspecified atom stereocenters. The van der Waals surface area contributed by atoms with Crippen LogP contribution in [0, 0.1) is 6.92 Å². The van der Waals surface area contributed by atoms with Gasteiger partial charge in [0.15, 0.2) is 0 Å². The molecule has 5 nitrogen and oxygen atoms in total. The summed E-state index contributed by atoms with van der Waals surface area (Å²) in [7, 11) is 1.80. The number of anilines is 1. The Bertz CT molecular complexity index is 352. The molecular weight excluding hydrogens is 202 g/mol. The second-order valence-corrected chi connectivity index (χ2v) is 2.76. The van der Waals surface area contributed by atoms with Gasteiger partial charge in [-0.3, -0.25) is 0 Å². The van der Waals surface area contributed by atoms with Crippen molar-refractivity contribution in [2.45, 2.75) is 20.8 Å². The fourth-order valence-electron chi connectivity index (χ4n) is 0.727. The predicted octanol–water partition coefficient (Wildman–Crippen LogP) is 1.81. The molecule has 0 spiro atoms. The first-order valence-corrected chi connectivity index (χ1v) is 5.19. The van der Waals surface area contributed by atoms with Gasteiger partial charge in [0.05, 0.1) is 0 Å². The maximum Gasteiger partial charge on any atom is 0.147 e. The summed E-state index contributed by atoms with van der Waals surface area (Å²) in [6.45, 7) is 5.85. The Morgan fingerprint density at radius 3 is 1.88 bits per heavy atom. The van der Waals surface area contributed by atoms with Crippen molar-refractivity contribution in [3.05, 3.63) is 36.2 Å². The summed E-state index contributed by atoms with van der Waals surface area (Å²) in [6, 6.07) is 9.49. The number of benzene rings is 1. The molecule has 0 aliphatic carbocycles. The highest BCUT2D eigenvalue weighted by Gasteiger charge is 1.87. The molecular formula is C11H19N5. The Morgan fingerprint density at radius 2 is 1.69 bits per heavy atom. The van der Waals surface area contributed by atoms with Crippen molar-refractivity contribution in [3.63, 3.8) is 0 Å². The monoisotopic (exact) mass is 221 g/mol. The lowest BCUT2D eigenvalue weighted by Crippen LogP contribution is -1.92. The van der Waals surface area contributed by atoms with Gasteiger partial charge >= 0.3 is 0 Å².